The Hall–Kier alpha value is -2.86. The SMILES string of the molecule is CN(C)CCCN1C(=O)COc2ccc(NC(=O)c3ccc(C(C)(C)C)cc3)cc21. The summed E-state index contributed by atoms with van der Waals surface area (Å²) in [5, 5.41) is 2.94. The number of benzene rings is 2. The Morgan fingerprint density at radius 2 is 1.83 bits per heavy atom. The van der Waals surface area contributed by atoms with Crippen LogP contribution in [0, 0.1) is 0 Å². The second kappa shape index (κ2) is 8.88. The van der Waals surface area contributed by atoms with Crippen LogP contribution in [0.15, 0.2) is 42.5 Å². The highest BCUT2D eigenvalue weighted by Crippen LogP contribution is 2.35. The minimum atomic E-state index is -0.183. The molecule has 6 heteroatoms. The lowest BCUT2D eigenvalue weighted by atomic mass is 9.87. The molecule has 1 heterocycles. The first-order valence-corrected chi connectivity index (χ1v) is 10.3. The van der Waals surface area contributed by atoms with Crippen molar-refractivity contribution in [2.45, 2.75) is 32.6 Å². The first kappa shape index (κ1) is 21.8. The summed E-state index contributed by atoms with van der Waals surface area (Å²) < 4.78 is 5.57. The molecule has 0 fully saturated rings. The number of carbonyl (C=O) groups is 2. The molecule has 0 saturated heterocycles. The van der Waals surface area contributed by atoms with Crippen molar-refractivity contribution < 1.29 is 14.3 Å². The molecule has 0 aromatic heterocycles. The van der Waals surface area contributed by atoms with Crippen LogP contribution in [0.1, 0.15) is 43.1 Å². The Morgan fingerprint density at radius 1 is 1.13 bits per heavy atom. The predicted molar refractivity (Wildman–Crippen MR) is 121 cm³/mol. The van der Waals surface area contributed by atoms with Gasteiger partial charge in [0.05, 0.1) is 5.69 Å². The lowest BCUT2D eigenvalue weighted by Gasteiger charge is -2.30. The second-order valence-corrected chi connectivity index (χ2v) is 8.95. The van der Waals surface area contributed by atoms with E-state index < -0.39 is 0 Å². The maximum absolute atomic E-state index is 12.7. The molecule has 0 unspecified atom stereocenters. The number of hydrogen-bond acceptors (Lipinski definition) is 4. The van der Waals surface area contributed by atoms with Crippen molar-refractivity contribution in [3.8, 4) is 5.75 Å². The first-order chi connectivity index (χ1) is 14.1. The largest absolute Gasteiger partial charge is 0.482 e. The third-order valence-electron chi connectivity index (χ3n) is 5.16. The van der Waals surface area contributed by atoms with Gasteiger partial charge in [-0.25, -0.2) is 0 Å². The molecule has 2 aromatic carbocycles. The highest BCUT2D eigenvalue weighted by molar-refractivity contribution is 6.05. The Balaban J connectivity index is 1.75. The average molecular weight is 410 g/mol. The summed E-state index contributed by atoms with van der Waals surface area (Å²) in [5.41, 5.74) is 3.14. The minimum absolute atomic E-state index is 0.0378. The number of nitrogens with zero attached hydrogens (tertiary/aromatic N) is 2. The smallest absolute Gasteiger partial charge is 0.265 e. The highest BCUT2D eigenvalue weighted by Gasteiger charge is 2.25. The Morgan fingerprint density at radius 3 is 2.47 bits per heavy atom. The van der Waals surface area contributed by atoms with Crippen molar-refractivity contribution >= 4 is 23.2 Å². The molecule has 2 amide bonds. The predicted octanol–water partition coefficient (Wildman–Crippen LogP) is 3.91. The van der Waals surface area contributed by atoms with Crippen molar-refractivity contribution in [2.24, 2.45) is 0 Å². The van der Waals surface area contributed by atoms with E-state index in [1.54, 1.807) is 17.0 Å². The Bertz CT molecular complexity index is 914. The third kappa shape index (κ3) is 5.19. The molecule has 0 atom stereocenters. The molecular weight excluding hydrogens is 378 g/mol. The topological polar surface area (TPSA) is 61.9 Å². The molecule has 1 aliphatic rings. The number of amides is 2. The number of fused-ring (bicyclic) bond motifs is 1. The van der Waals surface area contributed by atoms with Crippen LogP contribution in [0.25, 0.3) is 0 Å². The summed E-state index contributed by atoms with van der Waals surface area (Å²) in [5.74, 6) is 0.409. The molecule has 3 rings (SSSR count). The third-order valence-corrected chi connectivity index (χ3v) is 5.16. The number of nitrogens with one attached hydrogen (secondary N) is 1. The van der Waals surface area contributed by atoms with E-state index in [1.807, 2.05) is 44.4 Å². The van der Waals surface area contributed by atoms with Gasteiger partial charge in [0.2, 0.25) is 0 Å². The van der Waals surface area contributed by atoms with Crippen LogP contribution in [-0.2, 0) is 10.2 Å². The van der Waals surface area contributed by atoms with Crippen LogP contribution < -0.4 is 15.0 Å². The summed E-state index contributed by atoms with van der Waals surface area (Å²) in [4.78, 5) is 28.9. The molecule has 0 aliphatic carbocycles. The van der Waals surface area contributed by atoms with Crippen LogP contribution >= 0.6 is 0 Å². The molecule has 2 aromatic rings. The normalized spacial score (nSPS) is 13.8. The summed E-state index contributed by atoms with van der Waals surface area (Å²) in [6.45, 7) is 7.97. The second-order valence-electron chi connectivity index (χ2n) is 8.95. The Labute approximate surface area is 178 Å². The maximum Gasteiger partial charge on any atom is 0.265 e. The van der Waals surface area contributed by atoms with Gasteiger partial charge in [0, 0.05) is 17.8 Å². The van der Waals surface area contributed by atoms with Crippen LogP contribution in [-0.4, -0.2) is 50.5 Å². The zero-order valence-corrected chi connectivity index (χ0v) is 18.5. The Kier molecular flexibility index (Phi) is 6.46. The fourth-order valence-electron chi connectivity index (χ4n) is 3.39. The van der Waals surface area contributed by atoms with E-state index in [9.17, 15) is 9.59 Å². The zero-order valence-electron chi connectivity index (χ0n) is 18.5. The average Bonchev–Trinajstić information content (AvgIpc) is 2.69. The number of carbonyl (C=O) groups excluding carboxylic acids is 2. The maximum atomic E-state index is 12.7. The lowest BCUT2D eigenvalue weighted by molar-refractivity contribution is -0.121. The van der Waals surface area contributed by atoms with Crippen LogP contribution in [0.3, 0.4) is 0 Å². The standard InChI is InChI=1S/C24H31N3O3/c1-24(2,3)18-9-7-17(8-10-18)23(29)25-19-11-12-21-20(15-19)27(22(28)16-30-21)14-6-13-26(4)5/h7-12,15H,6,13-14,16H2,1-5H3,(H,25,29). The molecule has 160 valence electrons. The van der Waals surface area contributed by atoms with Gasteiger partial charge in [0.25, 0.3) is 11.8 Å². The van der Waals surface area contributed by atoms with E-state index in [-0.39, 0.29) is 23.8 Å². The summed E-state index contributed by atoms with van der Waals surface area (Å²) in [7, 11) is 4.02. The monoisotopic (exact) mass is 409 g/mol. The first-order valence-electron chi connectivity index (χ1n) is 10.3. The van der Waals surface area contributed by atoms with E-state index in [2.05, 4.69) is 31.0 Å². The van der Waals surface area contributed by atoms with Gasteiger partial charge in [0.1, 0.15) is 5.75 Å². The van der Waals surface area contributed by atoms with Crippen molar-refractivity contribution in [1.29, 1.82) is 0 Å². The molecule has 6 nitrogen and oxygen atoms in total. The number of ether oxygens (including phenoxy) is 1. The minimum Gasteiger partial charge on any atom is -0.482 e. The molecular formula is C24H31N3O3. The highest BCUT2D eigenvalue weighted by atomic mass is 16.5. The number of anilines is 2. The number of rotatable bonds is 6. The van der Waals surface area contributed by atoms with Crippen molar-refractivity contribution in [3.63, 3.8) is 0 Å². The van der Waals surface area contributed by atoms with E-state index in [4.69, 9.17) is 4.74 Å². The summed E-state index contributed by atoms with van der Waals surface area (Å²) in [6, 6.07) is 13.1. The molecule has 0 spiro atoms. The van der Waals surface area contributed by atoms with Gasteiger partial charge < -0.3 is 19.9 Å². The summed E-state index contributed by atoms with van der Waals surface area (Å²) in [6.07, 6.45) is 0.856. The van der Waals surface area contributed by atoms with Crippen LogP contribution in [0.5, 0.6) is 5.75 Å². The van der Waals surface area contributed by atoms with E-state index in [1.165, 1.54) is 5.56 Å². The van der Waals surface area contributed by atoms with Gasteiger partial charge in [-0.05, 0) is 68.4 Å². The van der Waals surface area contributed by atoms with E-state index >= 15 is 0 Å². The summed E-state index contributed by atoms with van der Waals surface area (Å²) >= 11 is 0. The van der Waals surface area contributed by atoms with Gasteiger partial charge in [-0.2, -0.15) is 0 Å². The van der Waals surface area contributed by atoms with Crippen molar-refractivity contribution in [2.75, 3.05) is 44.0 Å². The quantitative estimate of drug-likeness (QED) is 0.786. The fraction of sp³-hybridized carbons (Fsp3) is 0.417. The molecule has 30 heavy (non-hydrogen) atoms. The molecule has 1 N–H and O–H groups in total. The van der Waals surface area contributed by atoms with E-state index in [0.29, 0.717) is 29.2 Å². The zero-order chi connectivity index (χ0) is 21.9. The fourth-order valence-corrected chi connectivity index (χ4v) is 3.39. The molecule has 0 saturated carbocycles. The molecule has 1 aliphatic heterocycles. The van der Waals surface area contributed by atoms with Gasteiger partial charge in [-0.15, -0.1) is 0 Å². The van der Waals surface area contributed by atoms with Crippen molar-refractivity contribution in [1.82, 2.24) is 4.90 Å². The van der Waals surface area contributed by atoms with Gasteiger partial charge in [-0.1, -0.05) is 32.9 Å². The van der Waals surface area contributed by atoms with Crippen LogP contribution in [0.2, 0.25) is 0 Å². The number of hydrogen-bond donors (Lipinski definition) is 1. The van der Waals surface area contributed by atoms with Crippen molar-refractivity contribution in [3.05, 3.63) is 53.6 Å². The van der Waals surface area contributed by atoms with E-state index in [0.717, 1.165) is 13.0 Å². The molecule has 0 radical (unpaired) electrons. The lowest BCUT2D eigenvalue weighted by Crippen LogP contribution is -2.40. The van der Waals surface area contributed by atoms with Crippen LogP contribution in [0.4, 0.5) is 11.4 Å². The van der Waals surface area contributed by atoms with Gasteiger partial charge in [-0.3, -0.25) is 9.59 Å². The van der Waals surface area contributed by atoms with Gasteiger partial charge in [0.15, 0.2) is 6.61 Å². The van der Waals surface area contributed by atoms with Gasteiger partial charge >= 0.3 is 0 Å². The molecule has 0 bridgehead atoms.